The Morgan fingerprint density at radius 2 is 2.30 bits per heavy atom. The van der Waals surface area contributed by atoms with Crippen molar-refractivity contribution in [3.63, 3.8) is 0 Å². The summed E-state index contributed by atoms with van der Waals surface area (Å²) < 4.78 is 28.4. The predicted octanol–water partition coefficient (Wildman–Crippen LogP) is 0.930. The van der Waals surface area contributed by atoms with E-state index in [-0.39, 0.29) is 16.3 Å². The Balaban J connectivity index is 2.08. The second-order valence-electron chi connectivity index (χ2n) is 4.03. The highest BCUT2D eigenvalue weighted by atomic mass is 32.2. The zero-order valence-corrected chi connectivity index (χ0v) is 12.2. The fraction of sp³-hybridized carbons (Fsp3) is 0.273. The number of rotatable bonds is 6. The average molecular weight is 315 g/mol. The molecule has 2 aromatic rings. The lowest BCUT2D eigenvalue weighted by molar-refractivity contribution is 0.0702. The Bertz CT molecular complexity index is 704. The molecule has 0 amide bonds. The number of aryl methyl sites for hydroxylation is 1. The van der Waals surface area contributed by atoms with Crippen molar-refractivity contribution < 1.29 is 18.3 Å². The molecule has 0 atom stereocenters. The van der Waals surface area contributed by atoms with Crippen LogP contribution in [0.4, 0.5) is 0 Å². The first-order chi connectivity index (χ1) is 9.40. The molecular formula is C11H13N3O4S2. The topological polar surface area (TPSA) is 101 Å². The summed E-state index contributed by atoms with van der Waals surface area (Å²) in [5.41, 5.74) is 0. The van der Waals surface area contributed by atoms with Crippen molar-refractivity contribution in [1.29, 1.82) is 0 Å². The minimum atomic E-state index is -3.69. The second-order valence-corrected chi connectivity index (χ2v) is 7.03. The van der Waals surface area contributed by atoms with E-state index in [1.54, 1.807) is 30.2 Å². The SMILES string of the molecule is Cc1sc(C(=O)O)cc1S(=O)(=O)NCCn1ccnc1. The summed E-state index contributed by atoms with van der Waals surface area (Å²) in [6.45, 7) is 2.24. The van der Waals surface area contributed by atoms with Gasteiger partial charge < -0.3 is 9.67 Å². The summed E-state index contributed by atoms with van der Waals surface area (Å²) in [5, 5.41) is 8.87. The minimum absolute atomic E-state index is 0.0116. The highest BCUT2D eigenvalue weighted by Gasteiger charge is 2.21. The van der Waals surface area contributed by atoms with Crippen molar-refractivity contribution in [3.05, 3.63) is 34.5 Å². The summed E-state index contributed by atoms with van der Waals surface area (Å²) >= 11 is 0.947. The third-order valence-electron chi connectivity index (χ3n) is 2.59. The predicted molar refractivity (Wildman–Crippen MR) is 73.4 cm³/mol. The quantitative estimate of drug-likeness (QED) is 0.826. The molecule has 20 heavy (non-hydrogen) atoms. The third kappa shape index (κ3) is 3.24. The van der Waals surface area contributed by atoms with E-state index in [0.717, 1.165) is 11.3 Å². The number of aromatic carboxylic acids is 1. The van der Waals surface area contributed by atoms with Crippen LogP contribution in [0.15, 0.2) is 29.7 Å². The van der Waals surface area contributed by atoms with Crippen molar-refractivity contribution in [2.45, 2.75) is 18.4 Å². The van der Waals surface area contributed by atoms with E-state index in [1.807, 2.05) is 0 Å². The van der Waals surface area contributed by atoms with Gasteiger partial charge in [0.05, 0.1) is 11.2 Å². The van der Waals surface area contributed by atoms with Gasteiger partial charge >= 0.3 is 5.97 Å². The molecule has 2 heterocycles. The molecule has 0 fully saturated rings. The highest BCUT2D eigenvalue weighted by molar-refractivity contribution is 7.89. The van der Waals surface area contributed by atoms with E-state index < -0.39 is 16.0 Å². The van der Waals surface area contributed by atoms with Crippen LogP contribution in [0.1, 0.15) is 14.5 Å². The van der Waals surface area contributed by atoms with Crippen LogP contribution in [0, 0.1) is 6.92 Å². The molecule has 0 unspecified atom stereocenters. The maximum absolute atomic E-state index is 12.1. The number of carboxylic acid groups (broad SMARTS) is 1. The largest absolute Gasteiger partial charge is 0.477 e. The van der Waals surface area contributed by atoms with Crippen LogP contribution >= 0.6 is 11.3 Å². The Hall–Kier alpha value is -1.71. The van der Waals surface area contributed by atoms with Crippen LogP contribution in [0.2, 0.25) is 0 Å². The number of imidazole rings is 1. The molecule has 7 nitrogen and oxygen atoms in total. The standard InChI is InChI=1S/C11H13N3O4S2/c1-8-10(6-9(19-8)11(15)16)20(17,18)13-3-5-14-4-2-12-7-14/h2,4,6-7,13H,3,5H2,1H3,(H,15,16). The van der Waals surface area contributed by atoms with Gasteiger partial charge in [0.2, 0.25) is 10.0 Å². The molecule has 2 aromatic heterocycles. The van der Waals surface area contributed by atoms with Gasteiger partial charge in [0.15, 0.2) is 0 Å². The average Bonchev–Trinajstić information content (AvgIpc) is 2.98. The summed E-state index contributed by atoms with van der Waals surface area (Å²) in [7, 11) is -3.69. The number of nitrogens with zero attached hydrogens (tertiary/aromatic N) is 2. The van der Waals surface area contributed by atoms with Crippen molar-refractivity contribution in [3.8, 4) is 0 Å². The molecule has 2 N–H and O–H groups in total. The van der Waals surface area contributed by atoms with Gasteiger partial charge in [0.25, 0.3) is 0 Å². The molecule has 0 aromatic carbocycles. The van der Waals surface area contributed by atoms with Crippen LogP contribution < -0.4 is 4.72 Å². The van der Waals surface area contributed by atoms with Crippen LogP contribution in [-0.2, 0) is 16.6 Å². The smallest absolute Gasteiger partial charge is 0.345 e. The lowest BCUT2D eigenvalue weighted by Gasteiger charge is -2.06. The fourth-order valence-electron chi connectivity index (χ4n) is 1.64. The molecule has 0 saturated carbocycles. The molecule has 0 spiro atoms. The van der Waals surface area contributed by atoms with E-state index >= 15 is 0 Å². The summed E-state index contributed by atoms with van der Waals surface area (Å²) in [6, 6.07) is 1.18. The van der Waals surface area contributed by atoms with E-state index in [9.17, 15) is 13.2 Å². The van der Waals surface area contributed by atoms with Gasteiger partial charge in [-0.3, -0.25) is 0 Å². The van der Waals surface area contributed by atoms with Crippen LogP contribution in [0.25, 0.3) is 0 Å². The first-order valence-corrected chi connectivity index (χ1v) is 7.99. The first kappa shape index (κ1) is 14.7. The van der Waals surface area contributed by atoms with Crippen molar-refractivity contribution in [1.82, 2.24) is 14.3 Å². The lowest BCUT2D eigenvalue weighted by Crippen LogP contribution is -2.27. The van der Waals surface area contributed by atoms with Crippen LogP contribution in [0.3, 0.4) is 0 Å². The van der Waals surface area contributed by atoms with Gasteiger partial charge in [0.1, 0.15) is 4.88 Å². The van der Waals surface area contributed by atoms with E-state index in [0.29, 0.717) is 11.4 Å². The lowest BCUT2D eigenvalue weighted by atomic mass is 10.4. The Labute approximate surface area is 119 Å². The summed E-state index contributed by atoms with van der Waals surface area (Å²) in [4.78, 5) is 15.2. The molecule has 0 aliphatic carbocycles. The summed E-state index contributed by atoms with van der Waals surface area (Å²) in [5.74, 6) is -1.13. The Kier molecular flexibility index (Phi) is 4.21. The zero-order valence-electron chi connectivity index (χ0n) is 10.6. The molecule has 0 saturated heterocycles. The van der Waals surface area contributed by atoms with Gasteiger partial charge in [-0.15, -0.1) is 11.3 Å². The van der Waals surface area contributed by atoms with Crippen LogP contribution in [-0.4, -0.2) is 35.6 Å². The number of nitrogens with one attached hydrogen (secondary N) is 1. The minimum Gasteiger partial charge on any atom is -0.477 e. The van der Waals surface area contributed by atoms with Gasteiger partial charge in [0, 0.05) is 30.4 Å². The molecule has 0 bridgehead atoms. The molecule has 108 valence electrons. The number of hydrogen-bond acceptors (Lipinski definition) is 5. The van der Waals surface area contributed by atoms with Crippen molar-refractivity contribution >= 4 is 27.3 Å². The van der Waals surface area contributed by atoms with E-state index in [1.165, 1.54) is 6.07 Å². The monoisotopic (exact) mass is 315 g/mol. The summed E-state index contributed by atoms with van der Waals surface area (Å²) in [6.07, 6.45) is 4.93. The van der Waals surface area contributed by atoms with Gasteiger partial charge in [-0.05, 0) is 13.0 Å². The number of aromatic nitrogens is 2. The molecular weight excluding hydrogens is 302 g/mol. The number of carbonyl (C=O) groups is 1. The number of thiophene rings is 1. The number of hydrogen-bond donors (Lipinski definition) is 2. The first-order valence-electron chi connectivity index (χ1n) is 5.69. The maximum atomic E-state index is 12.1. The van der Waals surface area contributed by atoms with Crippen LogP contribution in [0.5, 0.6) is 0 Å². The molecule has 0 radical (unpaired) electrons. The Morgan fingerprint density at radius 3 is 2.85 bits per heavy atom. The van der Waals surface area contributed by atoms with E-state index in [4.69, 9.17) is 5.11 Å². The fourth-order valence-corrected chi connectivity index (χ4v) is 4.09. The molecule has 0 aliphatic heterocycles. The van der Waals surface area contributed by atoms with Crippen molar-refractivity contribution in [2.24, 2.45) is 0 Å². The van der Waals surface area contributed by atoms with Crippen molar-refractivity contribution in [2.75, 3.05) is 6.54 Å². The normalized spacial score (nSPS) is 11.7. The van der Waals surface area contributed by atoms with Gasteiger partial charge in [-0.1, -0.05) is 0 Å². The molecule has 0 aliphatic rings. The Morgan fingerprint density at radius 1 is 1.55 bits per heavy atom. The zero-order chi connectivity index (χ0) is 14.8. The molecule has 2 rings (SSSR count). The number of sulfonamides is 1. The highest BCUT2D eigenvalue weighted by Crippen LogP contribution is 2.25. The third-order valence-corrected chi connectivity index (χ3v) is 5.35. The van der Waals surface area contributed by atoms with Gasteiger partial charge in [-0.25, -0.2) is 22.9 Å². The molecule has 9 heteroatoms. The maximum Gasteiger partial charge on any atom is 0.345 e. The number of carboxylic acids is 1. The van der Waals surface area contributed by atoms with Gasteiger partial charge in [-0.2, -0.15) is 0 Å². The second kappa shape index (κ2) is 5.73. The van der Waals surface area contributed by atoms with E-state index in [2.05, 4.69) is 9.71 Å².